The summed E-state index contributed by atoms with van der Waals surface area (Å²) in [4.78, 5) is 34.5. The molecule has 0 bridgehead atoms. The Balaban J connectivity index is 2.23. The molecule has 1 aliphatic heterocycles. The van der Waals surface area contributed by atoms with Crippen LogP contribution in [0.15, 0.2) is 35.2 Å². The highest BCUT2D eigenvalue weighted by Gasteiger charge is 2.37. The first-order valence-corrected chi connectivity index (χ1v) is 5.79. The smallest absolute Gasteiger partial charge is 0.403 e. The molecule has 18 heavy (non-hydrogen) atoms. The van der Waals surface area contributed by atoms with Gasteiger partial charge in [0.25, 0.3) is 17.0 Å². The number of amides is 2. The third-order valence-corrected chi connectivity index (χ3v) is 3.04. The average Bonchev–Trinajstić information content (AvgIpc) is 2.58. The second-order valence-corrected chi connectivity index (χ2v) is 4.42. The van der Waals surface area contributed by atoms with Gasteiger partial charge >= 0.3 is 7.41 Å². The highest BCUT2D eigenvalue weighted by Crippen LogP contribution is 2.31. The van der Waals surface area contributed by atoms with Gasteiger partial charge in [0.2, 0.25) is 0 Å². The number of hydrogen-bond donors (Lipinski definition) is 1. The standard InChI is InChI=1S/C11H7BNO4S/c14-9-8(6-7-4-2-1-3-5-7)18-11(17)13(9)12-10(15)16/h1-6H,(H,15,16)/b8-6-. The summed E-state index contributed by atoms with van der Waals surface area (Å²) in [6, 6.07) is 9.02. The molecule has 1 aromatic carbocycles. The minimum atomic E-state index is -1.33. The Morgan fingerprint density at radius 3 is 2.56 bits per heavy atom. The van der Waals surface area contributed by atoms with Gasteiger partial charge in [0.1, 0.15) is 0 Å². The Bertz CT molecular complexity index is 543. The van der Waals surface area contributed by atoms with Crippen LogP contribution in [0.25, 0.3) is 6.08 Å². The fraction of sp³-hybridized carbons (Fsp3) is 0. The maximum Gasteiger partial charge on any atom is 0.403 e. The zero-order chi connectivity index (χ0) is 13.1. The summed E-state index contributed by atoms with van der Waals surface area (Å²) in [5.74, 6) is -1.95. The van der Waals surface area contributed by atoms with Crippen LogP contribution >= 0.6 is 11.8 Å². The van der Waals surface area contributed by atoms with Gasteiger partial charge in [-0.3, -0.25) is 14.4 Å². The van der Waals surface area contributed by atoms with Crippen LogP contribution in [0, 0.1) is 0 Å². The summed E-state index contributed by atoms with van der Waals surface area (Å²) in [6.07, 6.45) is 1.56. The summed E-state index contributed by atoms with van der Waals surface area (Å²) in [7, 11) is 0.573. The first-order valence-electron chi connectivity index (χ1n) is 4.98. The molecule has 1 fully saturated rings. The van der Waals surface area contributed by atoms with Gasteiger partial charge in [-0.2, -0.15) is 0 Å². The molecule has 7 heteroatoms. The highest BCUT2D eigenvalue weighted by atomic mass is 32.2. The van der Waals surface area contributed by atoms with Gasteiger partial charge in [-0.15, -0.1) is 0 Å². The van der Waals surface area contributed by atoms with Gasteiger partial charge in [-0.05, 0) is 23.4 Å². The molecule has 1 N–H and O–H groups in total. The maximum atomic E-state index is 11.8. The fourth-order valence-electron chi connectivity index (χ4n) is 1.40. The second-order valence-electron chi connectivity index (χ2n) is 3.43. The minimum Gasteiger partial charge on any atom is -0.488 e. The first-order chi connectivity index (χ1) is 8.58. The van der Waals surface area contributed by atoms with Crippen LogP contribution in [0.2, 0.25) is 0 Å². The predicted octanol–water partition coefficient (Wildman–Crippen LogP) is 2.02. The lowest BCUT2D eigenvalue weighted by Gasteiger charge is -2.06. The van der Waals surface area contributed by atoms with E-state index in [2.05, 4.69) is 0 Å². The van der Waals surface area contributed by atoms with Crippen LogP contribution in [0.1, 0.15) is 5.56 Å². The molecule has 0 saturated carbocycles. The summed E-state index contributed by atoms with van der Waals surface area (Å²) in [5.41, 5.74) is 0.776. The summed E-state index contributed by atoms with van der Waals surface area (Å²) < 4.78 is 0. The van der Waals surface area contributed by atoms with E-state index < -0.39 is 17.0 Å². The third kappa shape index (κ3) is 2.62. The van der Waals surface area contributed by atoms with E-state index in [1.807, 2.05) is 6.07 Å². The van der Waals surface area contributed by atoms with Crippen LogP contribution in [-0.4, -0.2) is 34.3 Å². The maximum absolute atomic E-state index is 11.8. The van der Waals surface area contributed by atoms with Gasteiger partial charge < -0.3 is 9.92 Å². The Kier molecular flexibility index (Phi) is 3.52. The molecule has 1 radical (unpaired) electrons. The SMILES string of the molecule is O=C(O)[B]N1C(=O)S/C(=C\c2ccccc2)C1=O. The van der Waals surface area contributed by atoms with Gasteiger partial charge in [0.15, 0.2) is 0 Å². The molecule has 0 spiro atoms. The predicted molar refractivity (Wildman–Crippen MR) is 68.0 cm³/mol. The van der Waals surface area contributed by atoms with E-state index in [1.165, 1.54) is 0 Å². The topological polar surface area (TPSA) is 74.7 Å². The molecule has 0 atom stereocenters. The number of carbonyl (C=O) groups excluding carboxylic acids is 2. The Morgan fingerprint density at radius 1 is 1.28 bits per heavy atom. The number of carbonyl (C=O) groups is 3. The van der Waals surface area contributed by atoms with E-state index in [9.17, 15) is 14.4 Å². The van der Waals surface area contributed by atoms with Gasteiger partial charge in [0, 0.05) is 0 Å². The number of hydrogen-bond acceptors (Lipinski definition) is 4. The Morgan fingerprint density at radius 2 is 1.94 bits per heavy atom. The van der Waals surface area contributed by atoms with Crippen LogP contribution in [0.5, 0.6) is 0 Å². The molecule has 2 amide bonds. The molecule has 1 saturated heterocycles. The van der Waals surface area contributed by atoms with Crippen molar-refractivity contribution in [2.45, 2.75) is 0 Å². The zero-order valence-corrected chi connectivity index (χ0v) is 9.89. The van der Waals surface area contributed by atoms with Crippen molar-refractivity contribution in [3.8, 4) is 0 Å². The summed E-state index contributed by atoms with van der Waals surface area (Å²) >= 11 is 0.723. The van der Waals surface area contributed by atoms with Crippen molar-refractivity contribution in [1.29, 1.82) is 0 Å². The molecule has 1 heterocycles. The van der Waals surface area contributed by atoms with Crippen LogP contribution in [-0.2, 0) is 4.79 Å². The average molecular weight is 260 g/mol. The molecule has 89 valence electrons. The third-order valence-electron chi connectivity index (χ3n) is 2.16. The van der Waals surface area contributed by atoms with E-state index in [1.54, 1.807) is 30.3 Å². The molecule has 5 nitrogen and oxygen atoms in total. The molecule has 0 aromatic heterocycles. The quantitative estimate of drug-likeness (QED) is 0.664. The van der Waals surface area contributed by atoms with Crippen molar-refractivity contribution in [3.05, 3.63) is 40.8 Å². The summed E-state index contributed by atoms with van der Waals surface area (Å²) in [5, 5.41) is 7.95. The Hall–Kier alpha value is -2.02. The van der Waals surface area contributed by atoms with Crippen molar-refractivity contribution in [2.24, 2.45) is 0 Å². The normalized spacial score (nSPS) is 17.3. The van der Waals surface area contributed by atoms with Crippen LogP contribution < -0.4 is 0 Å². The largest absolute Gasteiger partial charge is 0.488 e. The molecule has 2 rings (SSSR count). The monoisotopic (exact) mass is 260 g/mol. The van der Waals surface area contributed by atoms with Crippen molar-refractivity contribution in [1.82, 2.24) is 4.81 Å². The van der Waals surface area contributed by atoms with Crippen LogP contribution in [0.4, 0.5) is 9.59 Å². The summed E-state index contributed by atoms with van der Waals surface area (Å²) in [6.45, 7) is 0. The second kappa shape index (κ2) is 5.09. The lowest BCUT2D eigenvalue weighted by Crippen LogP contribution is -2.36. The number of carboxylic acid groups (broad SMARTS) is 1. The molecule has 1 aliphatic rings. The van der Waals surface area contributed by atoms with Gasteiger partial charge in [-0.1, -0.05) is 30.3 Å². The van der Waals surface area contributed by atoms with E-state index in [4.69, 9.17) is 5.11 Å². The van der Waals surface area contributed by atoms with Crippen molar-refractivity contribution in [3.63, 3.8) is 0 Å². The van der Waals surface area contributed by atoms with Gasteiger partial charge in [-0.25, -0.2) is 0 Å². The zero-order valence-electron chi connectivity index (χ0n) is 9.07. The van der Waals surface area contributed by atoms with E-state index >= 15 is 0 Å². The lowest BCUT2D eigenvalue weighted by atomic mass is 9.92. The van der Waals surface area contributed by atoms with E-state index in [-0.39, 0.29) is 4.91 Å². The van der Waals surface area contributed by atoms with E-state index in [0.29, 0.717) is 12.2 Å². The molecular formula is C11H7BNO4S. The Labute approximate surface area is 108 Å². The van der Waals surface area contributed by atoms with Crippen LogP contribution in [0.3, 0.4) is 0 Å². The van der Waals surface area contributed by atoms with Gasteiger partial charge in [0.05, 0.1) is 4.91 Å². The molecular weight excluding hydrogens is 253 g/mol. The number of thioether (sulfide) groups is 1. The molecule has 0 unspecified atom stereocenters. The number of imide groups is 1. The molecule has 0 aliphatic carbocycles. The number of nitrogens with zero attached hydrogens (tertiary/aromatic N) is 1. The number of rotatable bonds is 3. The van der Waals surface area contributed by atoms with Crippen molar-refractivity contribution in [2.75, 3.05) is 0 Å². The molecule has 1 aromatic rings. The minimum absolute atomic E-state index is 0.212. The highest BCUT2D eigenvalue weighted by molar-refractivity contribution is 8.18. The van der Waals surface area contributed by atoms with E-state index in [0.717, 1.165) is 17.3 Å². The van der Waals surface area contributed by atoms with Crippen molar-refractivity contribution >= 4 is 42.3 Å². The first kappa shape index (κ1) is 12.4. The number of benzene rings is 1. The lowest BCUT2D eigenvalue weighted by molar-refractivity contribution is -0.119. The fourth-order valence-corrected chi connectivity index (χ4v) is 2.20. The van der Waals surface area contributed by atoms with Crippen molar-refractivity contribution < 1.29 is 19.5 Å².